The van der Waals surface area contributed by atoms with Crippen molar-refractivity contribution in [1.82, 2.24) is 10.3 Å². The molecule has 1 aliphatic rings. The Kier molecular flexibility index (Phi) is 5.32. The summed E-state index contributed by atoms with van der Waals surface area (Å²) in [4.78, 5) is 18.9. The summed E-state index contributed by atoms with van der Waals surface area (Å²) in [7, 11) is 1.60. The van der Waals surface area contributed by atoms with Gasteiger partial charge in [-0.1, -0.05) is 48.5 Å². The molecule has 2 N–H and O–H groups in total. The van der Waals surface area contributed by atoms with Crippen molar-refractivity contribution in [2.75, 3.05) is 19.0 Å². The molecular formula is C25H20N4O3S. The molecular weight excluding hydrogens is 436 g/mol. The summed E-state index contributed by atoms with van der Waals surface area (Å²) in [5, 5.41) is 17.3. The lowest BCUT2D eigenvalue weighted by molar-refractivity contribution is 0.0940. The summed E-state index contributed by atoms with van der Waals surface area (Å²) in [6.45, 7) is 2.22. The van der Waals surface area contributed by atoms with Crippen molar-refractivity contribution in [1.29, 1.82) is 5.26 Å². The first-order valence-electron chi connectivity index (χ1n) is 10.4. The normalized spacial score (nSPS) is 14.7. The molecule has 0 saturated heterocycles. The molecule has 1 unspecified atom stereocenters. The number of benzene rings is 2. The van der Waals surface area contributed by atoms with E-state index >= 15 is 0 Å². The fourth-order valence-electron chi connectivity index (χ4n) is 4.08. The number of hydrogen-bond acceptors (Lipinski definition) is 7. The van der Waals surface area contributed by atoms with Gasteiger partial charge in [-0.15, -0.1) is 11.3 Å². The number of fused-ring (bicyclic) bond motifs is 3. The van der Waals surface area contributed by atoms with Gasteiger partial charge in [0.1, 0.15) is 33.3 Å². The first kappa shape index (κ1) is 20.8. The highest BCUT2D eigenvalue weighted by Gasteiger charge is 2.33. The quantitative estimate of drug-likeness (QED) is 0.434. The maximum Gasteiger partial charge on any atom is 0.265 e. The summed E-state index contributed by atoms with van der Waals surface area (Å²) in [5.74, 6) is 0.723. The van der Waals surface area contributed by atoms with Gasteiger partial charge < -0.3 is 20.1 Å². The Bertz CT molecular complexity index is 1410. The largest absolute Gasteiger partial charge is 0.496 e. The first-order valence-corrected chi connectivity index (χ1v) is 11.3. The van der Waals surface area contributed by atoms with E-state index < -0.39 is 6.17 Å². The molecule has 0 fully saturated rings. The third kappa shape index (κ3) is 3.43. The highest BCUT2D eigenvalue weighted by Crippen LogP contribution is 2.47. The highest BCUT2D eigenvalue weighted by atomic mass is 32.1. The number of ether oxygens (including phenoxy) is 2. The van der Waals surface area contributed by atoms with Crippen LogP contribution in [-0.2, 0) is 0 Å². The van der Waals surface area contributed by atoms with Crippen LogP contribution in [-0.4, -0.2) is 24.6 Å². The van der Waals surface area contributed by atoms with Crippen LogP contribution < -0.4 is 20.1 Å². The van der Waals surface area contributed by atoms with Gasteiger partial charge in [0, 0.05) is 16.5 Å². The third-order valence-corrected chi connectivity index (χ3v) is 6.56. The number of carbonyl (C=O) groups is 1. The fourth-order valence-corrected chi connectivity index (χ4v) is 5.13. The predicted octanol–water partition coefficient (Wildman–Crippen LogP) is 5.10. The van der Waals surface area contributed by atoms with Crippen molar-refractivity contribution in [3.05, 3.63) is 70.6 Å². The van der Waals surface area contributed by atoms with Crippen LogP contribution in [0.1, 0.15) is 33.9 Å². The van der Waals surface area contributed by atoms with Crippen molar-refractivity contribution in [2.24, 2.45) is 0 Å². The van der Waals surface area contributed by atoms with Crippen molar-refractivity contribution in [3.8, 4) is 28.8 Å². The van der Waals surface area contributed by atoms with E-state index in [0.717, 1.165) is 16.5 Å². The van der Waals surface area contributed by atoms with Crippen LogP contribution in [0.25, 0.3) is 21.3 Å². The van der Waals surface area contributed by atoms with Gasteiger partial charge in [0.15, 0.2) is 0 Å². The Morgan fingerprint density at radius 3 is 2.61 bits per heavy atom. The zero-order valence-corrected chi connectivity index (χ0v) is 18.8. The van der Waals surface area contributed by atoms with Crippen LogP contribution in [0.2, 0.25) is 0 Å². The van der Waals surface area contributed by atoms with Crippen LogP contribution in [0.15, 0.2) is 54.6 Å². The van der Waals surface area contributed by atoms with Gasteiger partial charge in [-0.05, 0) is 18.6 Å². The second kappa shape index (κ2) is 8.45. The maximum absolute atomic E-state index is 13.1. The minimum absolute atomic E-state index is 0.210. The number of aromatic nitrogens is 1. The molecule has 5 rings (SSSR count). The third-order valence-electron chi connectivity index (χ3n) is 5.48. The number of carbonyl (C=O) groups excluding carboxylic acids is 1. The van der Waals surface area contributed by atoms with E-state index in [1.807, 2.05) is 61.5 Å². The van der Waals surface area contributed by atoms with E-state index in [1.54, 1.807) is 7.11 Å². The van der Waals surface area contributed by atoms with Gasteiger partial charge in [-0.3, -0.25) is 4.79 Å². The van der Waals surface area contributed by atoms with Gasteiger partial charge in [0.2, 0.25) is 5.88 Å². The lowest BCUT2D eigenvalue weighted by Gasteiger charge is -2.28. The second-order valence-electron chi connectivity index (χ2n) is 7.36. The molecule has 2 aromatic heterocycles. The number of methoxy groups -OCH3 is 1. The van der Waals surface area contributed by atoms with Crippen LogP contribution in [0.5, 0.6) is 11.6 Å². The molecule has 1 aliphatic heterocycles. The molecule has 8 heteroatoms. The number of thiophene rings is 1. The van der Waals surface area contributed by atoms with Crippen LogP contribution >= 0.6 is 11.3 Å². The number of hydrogen-bond donors (Lipinski definition) is 2. The van der Waals surface area contributed by atoms with Crippen molar-refractivity contribution >= 4 is 33.1 Å². The van der Waals surface area contributed by atoms with Crippen molar-refractivity contribution < 1.29 is 14.3 Å². The first-order chi connectivity index (χ1) is 16.2. The SMILES string of the molecule is CCOc1nc2sc3c(c2c(-c2ccccc2)c1C#N)NC(c1ccccc1OC)NC3=O. The van der Waals surface area contributed by atoms with Crippen LogP contribution in [0.3, 0.4) is 0 Å². The van der Waals surface area contributed by atoms with Crippen molar-refractivity contribution in [3.63, 3.8) is 0 Å². The molecule has 0 spiro atoms. The summed E-state index contributed by atoms with van der Waals surface area (Å²) in [6.07, 6.45) is -0.500. The summed E-state index contributed by atoms with van der Waals surface area (Å²) >= 11 is 1.28. The van der Waals surface area contributed by atoms with E-state index in [4.69, 9.17) is 9.47 Å². The van der Waals surface area contributed by atoms with Gasteiger partial charge >= 0.3 is 0 Å². The zero-order chi connectivity index (χ0) is 22.9. The number of para-hydroxylation sites is 1. The molecule has 1 amide bonds. The van der Waals surface area contributed by atoms with Gasteiger partial charge in [-0.25, -0.2) is 4.98 Å². The second-order valence-corrected chi connectivity index (χ2v) is 8.36. The van der Waals surface area contributed by atoms with E-state index in [-0.39, 0.29) is 11.8 Å². The Labute approximate surface area is 194 Å². The molecule has 33 heavy (non-hydrogen) atoms. The molecule has 0 saturated carbocycles. The lowest BCUT2D eigenvalue weighted by Crippen LogP contribution is -2.37. The number of nitrogens with zero attached hydrogens (tertiary/aromatic N) is 2. The van der Waals surface area contributed by atoms with Crippen molar-refractivity contribution in [2.45, 2.75) is 13.1 Å². The van der Waals surface area contributed by atoms with E-state index in [9.17, 15) is 10.1 Å². The lowest BCUT2D eigenvalue weighted by atomic mass is 9.96. The molecule has 0 bridgehead atoms. The smallest absolute Gasteiger partial charge is 0.265 e. The summed E-state index contributed by atoms with van der Waals surface area (Å²) in [6, 6.07) is 19.4. The number of pyridine rings is 1. The molecule has 2 aromatic carbocycles. The molecule has 7 nitrogen and oxygen atoms in total. The fraction of sp³-hybridized carbons (Fsp3) is 0.160. The zero-order valence-electron chi connectivity index (χ0n) is 18.0. The molecule has 1 atom stereocenters. The standard InChI is InChI=1S/C25H20N4O3S/c1-3-32-24-16(13-26)18(14-9-5-4-6-10-14)19-20-21(33-25(19)29-24)23(30)28-22(27-20)15-11-7-8-12-17(15)31-2/h4-12,22,27H,3H2,1-2H3,(H,28,30). The summed E-state index contributed by atoms with van der Waals surface area (Å²) in [5.41, 5.74) is 3.35. The Morgan fingerprint density at radius 2 is 1.88 bits per heavy atom. The molecule has 3 heterocycles. The van der Waals surface area contributed by atoms with Crippen LogP contribution in [0, 0.1) is 11.3 Å². The molecule has 164 valence electrons. The highest BCUT2D eigenvalue weighted by molar-refractivity contribution is 7.21. The average Bonchev–Trinajstić information content (AvgIpc) is 3.22. The minimum atomic E-state index is -0.500. The molecule has 0 radical (unpaired) electrons. The number of anilines is 1. The Hall–Kier alpha value is -4.09. The van der Waals surface area contributed by atoms with Gasteiger partial charge in [0.25, 0.3) is 5.91 Å². The van der Waals surface area contributed by atoms with Gasteiger partial charge in [0.05, 0.1) is 19.4 Å². The van der Waals surface area contributed by atoms with Gasteiger partial charge in [-0.2, -0.15) is 5.26 Å². The number of nitriles is 1. The van der Waals surface area contributed by atoms with E-state index in [0.29, 0.717) is 38.9 Å². The predicted molar refractivity (Wildman–Crippen MR) is 128 cm³/mol. The summed E-state index contributed by atoms with van der Waals surface area (Å²) < 4.78 is 11.2. The minimum Gasteiger partial charge on any atom is -0.496 e. The number of rotatable bonds is 5. The van der Waals surface area contributed by atoms with Crippen LogP contribution in [0.4, 0.5) is 5.69 Å². The number of nitrogens with one attached hydrogen (secondary N) is 2. The molecule has 4 aromatic rings. The maximum atomic E-state index is 13.1. The Morgan fingerprint density at radius 1 is 1.12 bits per heavy atom. The van der Waals surface area contributed by atoms with E-state index in [1.165, 1.54) is 11.3 Å². The molecule has 0 aliphatic carbocycles. The number of amides is 1. The topological polar surface area (TPSA) is 96.3 Å². The monoisotopic (exact) mass is 456 g/mol. The van der Waals surface area contributed by atoms with E-state index in [2.05, 4.69) is 21.7 Å². The average molecular weight is 457 g/mol. The Balaban J connectivity index is 1.78.